The van der Waals surface area contributed by atoms with Gasteiger partial charge in [-0.05, 0) is 42.2 Å². The predicted molar refractivity (Wildman–Crippen MR) is 90.5 cm³/mol. The van der Waals surface area contributed by atoms with Crippen LogP contribution in [0.5, 0.6) is 5.75 Å². The molecule has 0 heterocycles. The molecule has 23 heavy (non-hydrogen) atoms. The summed E-state index contributed by atoms with van der Waals surface area (Å²) in [4.78, 5) is 12.2. The first kappa shape index (κ1) is 13.1. The Morgan fingerprint density at radius 2 is 2.04 bits per heavy atom. The van der Waals surface area contributed by atoms with E-state index >= 15 is 0 Å². The van der Waals surface area contributed by atoms with E-state index in [0.717, 1.165) is 16.9 Å². The molecule has 0 aliphatic carbocycles. The van der Waals surface area contributed by atoms with E-state index in [4.69, 9.17) is 13.6 Å². The lowest BCUT2D eigenvalue weighted by Crippen LogP contribution is -2.27. The Morgan fingerprint density at radius 1 is 1.26 bits per heavy atom. The summed E-state index contributed by atoms with van der Waals surface area (Å²) in [7, 11) is -1.26. The van der Waals surface area contributed by atoms with Crippen LogP contribution in [0.15, 0.2) is 42.5 Å². The molecule has 2 aromatic rings. The second-order valence-corrected chi connectivity index (χ2v) is 5.37. The number of benzene rings is 2. The van der Waals surface area contributed by atoms with Crippen molar-refractivity contribution < 1.29 is 18.4 Å². The lowest BCUT2D eigenvalue weighted by Gasteiger charge is -2.18. The highest BCUT2D eigenvalue weighted by Gasteiger charge is 2.21. The molecule has 2 rings (SSSR count). The molecule has 0 bridgehead atoms. The van der Waals surface area contributed by atoms with E-state index in [0.29, 0.717) is 11.1 Å². The van der Waals surface area contributed by atoms with E-state index in [1.54, 1.807) is 18.2 Å². The largest absolute Gasteiger partial charge is 0.489 e. The first-order valence-corrected chi connectivity index (χ1v) is 7.38. The van der Waals surface area contributed by atoms with Gasteiger partial charge in [-0.1, -0.05) is 36.4 Å². The summed E-state index contributed by atoms with van der Waals surface area (Å²) in [5.74, 6) is 0.216. The van der Waals surface area contributed by atoms with Crippen molar-refractivity contribution in [1.82, 2.24) is 5.32 Å². The van der Waals surface area contributed by atoms with E-state index in [1.165, 1.54) is 7.05 Å². The lowest BCUT2D eigenvalue weighted by atomic mass is 10.0. The van der Waals surface area contributed by atoms with Crippen molar-refractivity contribution in [3.63, 3.8) is 0 Å². The zero-order valence-corrected chi connectivity index (χ0v) is 13.6. The Labute approximate surface area is 141 Å². The molecule has 0 radical (unpaired) electrons. The van der Waals surface area contributed by atoms with Crippen molar-refractivity contribution in [1.29, 1.82) is 0 Å². The average Bonchev–Trinajstić information content (AvgIpc) is 2.59. The molecule has 0 spiro atoms. The van der Waals surface area contributed by atoms with Crippen LogP contribution in [0.2, 0.25) is 0 Å². The quantitative estimate of drug-likeness (QED) is 0.889. The Kier molecular flexibility index (Phi) is 4.45. The van der Waals surface area contributed by atoms with Gasteiger partial charge < -0.3 is 14.8 Å². The SMILES string of the molecule is [2H]C([2H])([2H])OC(C(=O)NC)c1ccccc1COc1cc(C)ccc1C. The van der Waals surface area contributed by atoms with Crippen LogP contribution in [0.1, 0.15) is 32.5 Å². The summed E-state index contributed by atoms with van der Waals surface area (Å²) < 4.78 is 33.0. The van der Waals surface area contributed by atoms with Gasteiger partial charge in [0.15, 0.2) is 6.10 Å². The van der Waals surface area contributed by atoms with Crippen LogP contribution in [0.25, 0.3) is 0 Å². The Hall–Kier alpha value is -2.33. The number of carbonyl (C=O) groups is 1. The fourth-order valence-electron chi connectivity index (χ4n) is 2.33. The van der Waals surface area contributed by atoms with E-state index in [-0.39, 0.29) is 6.61 Å². The summed E-state index contributed by atoms with van der Waals surface area (Å²) in [5, 5.41) is 2.45. The summed E-state index contributed by atoms with van der Waals surface area (Å²) in [6, 6.07) is 12.9. The molecule has 0 aliphatic heterocycles. The van der Waals surface area contributed by atoms with Gasteiger partial charge in [-0.3, -0.25) is 4.79 Å². The highest BCUT2D eigenvalue weighted by molar-refractivity contribution is 5.82. The van der Waals surface area contributed by atoms with Crippen molar-refractivity contribution in [3.8, 4) is 5.75 Å². The summed E-state index contributed by atoms with van der Waals surface area (Å²) in [6.07, 6.45) is -1.24. The minimum absolute atomic E-state index is 0.193. The van der Waals surface area contributed by atoms with Gasteiger partial charge in [-0.25, -0.2) is 0 Å². The molecular formula is C19H23NO3. The second-order valence-electron chi connectivity index (χ2n) is 5.37. The Bertz CT molecular complexity index is 775. The average molecular weight is 316 g/mol. The normalized spacial score (nSPS) is 14.3. The fourth-order valence-corrected chi connectivity index (χ4v) is 2.33. The number of hydrogen-bond donors (Lipinski definition) is 1. The highest BCUT2D eigenvalue weighted by Crippen LogP contribution is 2.25. The van der Waals surface area contributed by atoms with Gasteiger partial charge in [0.05, 0.1) is 4.11 Å². The number of hydrogen-bond acceptors (Lipinski definition) is 3. The third-order valence-electron chi connectivity index (χ3n) is 3.67. The van der Waals surface area contributed by atoms with Crippen LogP contribution < -0.4 is 10.1 Å². The first-order chi connectivity index (χ1) is 12.2. The Morgan fingerprint density at radius 3 is 2.78 bits per heavy atom. The second kappa shape index (κ2) is 7.79. The minimum atomic E-state index is -2.70. The van der Waals surface area contributed by atoms with Crippen LogP contribution >= 0.6 is 0 Å². The molecule has 0 aromatic heterocycles. The zero-order valence-electron chi connectivity index (χ0n) is 16.6. The number of methoxy groups -OCH3 is 1. The van der Waals surface area contributed by atoms with Crippen molar-refractivity contribution >= 4 is 5.91 Å². The number of ether oxygens (including phenoxy) is 2. The van der Waals surface area contributed by atoms with Crippen LogP contribution in [0, 0.1) is 13.8 Å². The third kappa shape index (κ3) is 4.11. The monoisotopic (exact) mass is 316 g/mol. The van der Waals surface area contributed by atoms with Gasteiger partial charge in [0.25, 0.3) is 5.91 Å². The lowest BCUT2D eigenvalue weighted by molar-refractivity contribution is -0.130. The maximum absolute atomic E-state index is 12.2. The number of carbonyl (C=O) groups excluding carboxylic acids is 1. The molecule has 0 aliphatic rings. The van der Waals surface area contributed by atoms with E-state index < -0.39 is 19.0 Å². The molecule has 1 N–H and O–H groups in total. The van der Waals surface area contributed by atoms with Crippen LogP contribution in [-0.2, 0) is 16.1 Å². The molecule has 1 unspecified atom stereocenters. The smallest absolute Gasteiger partial charge is 0.253 e. The van der Waals surface area contributed by atoms with Crippen molar-refractivity contribution in [2.45, 2.75) is 26.6 Å². The topological polar surface area (TPSA) is 47.6 Å². The third-order valence-corrected chi connectivity index (χ3v) is 3.67. The molecule has 4 nitrogen and oxygen atoms in total. The number of rotatable bonds is 6. The first-order valence-electron chi connectivity index (χ1n) is 8.88. The van der Waals surface area contributed by atoms with Gasteiger partial charge in [-0.15, -0.1) is 0 Å². The maximum atomic E-state index is 12.2. The highest BCUT2D eigenvalue weighted by atomic mass is 16.5. The molecule has 4 heteroatoms. The van der Waals surface area contributed by atoms with Crippen molar-refractivity contribution in [3.05, 3.63) is 64.7 Å². The molecular weight excluding hydrogens is 290 g/mol. The van der Waals surface area contributed by atoms with Gasteiger partial charge in [0.2, 0.25) is 0 Å². The minimum Gasteiger partial charge on any atom is -0.489 e. The van der Waals surface area contributed by atoms with Gasteiger partial charge in [0, 0.05) is 14.1 Å². The zero-order chi connectivity index (χ0) is 19.3. The molecule has 1 atom stereocenters. The van der Waals surface area contributed by atoms with E-state index in [9.17, 15) is 4.79 Å². The molecule has 0 saturated heterocycles. The number of likely N-dealkylation sites (N-methyl/N-ethyl adjacent to an activating group) is 1. The van der Waals surface area contributed by atoms with Crippen LogP contribution in [-0.4, -0.2) is 20.0 Å². The molecule has 0 fully saturated rings. The fraction of sp³-hybridized carbons (Fsp3) is 0.316. The summed E-state index contributed by atoms with van der Waals surface area (Å²) in [5.41, 5.74) is 3.22. The molecule has 1 amide bonds. The van der Waals surface area contributed by atoms with Crippen molar-refractivity contribution in [2.24, 2.45) is 0 Å². The summed E-state index contributed by atoms with van der Waals surface area (Å²) >= 11 is 0. The maximum Gasteiger partial charge on any atom is 0.253 e. The van der Waals surface area contributed by atoms with Crippen molar-refractivity contribution in [2.75, 3.05) is 14.1 Å². The predicted octanol–water partition coefficient (Wildman–Crippen LogP) is 3.32. The standard InChI is InChI=1S/C19H23NO3/c1-13-9-10-14(2)17(11-13)23-12-15-7-5-6-8-16(15)18(22-4)19(21)20-3/h5-11,18H,12H2,1-4H3,(H,20,21)/i4D3. The van der Waals surface area contributed by atoms with Gasteiger partial charge in [-0.2, -0.15) is 0 Å². The number of amides is 1. The number of aryl methyl sites for hydroxylation is 2. The van der Waals surface area contributed by atoms with E-state index in [1.807, 2.05) is 38.1 Å². The summed E-state index contributed by atoms with van der Waals surface area (Å²) in [6.45, 7) is 4.12. The molecule has 122 valence electrons. The van der Waals surface area contributed by atoms with Gasteiger partial charge in [0.1, 0.15) is 12.4 Å². The van der Waals surface area contributed by atoms with Crippen LogP contribution in [0.3, 0.4) is 0 Å². The van der Waals surface area contributed by atoms with Crippen LogP contribution in [0.4, 0.5) is 0 Å². The van der Waals surface area contributed by atoms with E-state index in [2.05, 4.69) is 5.32 Å². The Balaban J connectivity index is 2.30. The van der Waals surface area contributed by atoms with Gasteiger partial charge >= 0.3 is 0 Å². The molecule has 2 aromatic carbocycles. The molecule has 0 saturated carbocycles. The number of nitrogens with one attached hydrogen (secondary N) is 1.